The van der Waals surface area contributed by atoms with Crippen molar-refractivity contribution in [2.24, 2.45) is 0 Å². The van der Waals surface area contributed by atoms with Gasteiger partial charge >= 0.3 is 6.18 Å². The highest BCUT2D eigenvalue weighted by Crippen LogP contribution is 2.29. The van der Waals surface area contributed by atoms with Gasteiger partial charge in [0.2, 0.25) is 0 Å². The number of nitrogens with zero attached hydrogens (tertiary/aromatic N) is 3. The van der Waals surface area contributed by atoms with Crippen LogP contribution < -0.4 is 0 Å². The smallest absolute Gasteiger partial charge is 0.332 e. The Balaban J connectivity index is 1.74. The normalized spacial score (nSPS) is 17.1. The van der Waals surface area contributed by atoms with Gasteiger partial charge < -0.3 is 9.80 Å². The van der Waals surface area contributed by atoms with Crippen molar-refractivity contribution in [2.75, 3.05) is 26.2 Å². The summed E-state index contributed by atoms with van der Waals surface area (Å²) < 4.78 is 65.2. The third-order valence-corrected chi connectivity index (χ3v) is 5.35. The van der Waals surface area contributed by atoms with Gasteiger partial charge in [0.05, 0.1) is 0 Å². The molecule has 2 aromatic rings. The van der Waals surface area contributed by atoms with Crippen molar-refractivity contribution >= 4 is 17.5 Å². The number of rotatable bonds is 6. The Morgan fingerprint density at radius 3 is 2.50 bits per heavy atom. The molecule has 164 valence electrons. The average molecular weight is 451 g/mol. The number of nitrogens with one attached hydrogen (secondary N) is 1. The molecule has 0 saturated carbocycles. The number of aromatic nitrogens is 2. The van der Waals surface area contributed by atoms with E-state index >= 15 is 0 Å². The van der Waals surface area contributed by atoms with Crippen molar-refractivity contribution in [1.29, 1.82) is 0 Å². The van der Waals surface area contributed by atoms with E-state index in [1.54, 1.807) is 29.2 Å². The van der Waals surface area contributed by atoms with Gasteiger partial charge in [-0.15, -0.1) is 0 Å². The Hall–Kier alpha value is -2.20. The predicted octanol–water partition coefficient (Wildman–Crippen LogP) is 4.46. The van der Waals surface area contributed by atoms with E-state index in [1.165, 1.54) is 4.90 Å². The fraction of sp³-hybridized carbons (Fsp3) is 0.474. The lowest BCUT2D eigenvalue weighted by Crippen LogP contribution is -2.44. The number of H-pyrrole nitrogens is 1. The lowest BCUT2D eigenvalue weighted by atomic mass is 10.1. The fourth-order valence-corrected chi connectivity index (χ4v) is 3.38. The van der Waals surface area contributed by atoms with Crippen LogP contribution in [0.2, 0.25) is 5.02 Å². The van der Waals surface area contributed by atoms with Gasteiger partial charge in [0.25, 0.3) is 11.8 Å². The summed E-state index contributed by atoms with van der Waals surface area (Å²) >= 11 is 6.16. The van der Waals surface area contributed by atoms with Crippen molar-refractivity contribution in [3.8, 4) is 0 Å². The van der Waals surface area contributed by atoms with Crippen molar-refractivity contribution in [2.45, 2.75) is 31.5 Å². The number of carbonyl (C=O) groups is 1. The maximum atomic E-state index is 13.3. The van der Waals surface area contributed by atoms with Gasteiger partial charge in [0, 0.05) is 56.7 Å². The van der Waals surface area contributed by atoms with Crippen LogP contribution in [0.1, 0.15) is 34.6 Å². The van der Waals surface area contributed by atoms with E-state index in [1.807, 2.05) is 5.10 Å². The number of piperidine rings is 1. The van der Waals surface area contributed by atoms with Crippen LogP contribution in [0, 0.1) is 0 Å². The summed E-state index contributed by atoms with van der Waals surface area (Å²) in [6.45, 7) is 0.854. The van der Waals surface area contributed by atoms with E-state index in [-0.39, 0.29) is 44.7 Å². The first kappa shape index (κ1) is 22.5. The number of likely N-dealkylation sites (tertiary alicyclic amines) is 1. The molecule has 1 amide bonds. The topological polar surface area (TPSA) is 52.2 Å². The molecule has 1 fully saturated rings. The van der Waals surface area contributed by atoms with Gasteiger partial charge in [-0.1, -0.05) is 29.8 Å². The number of hydrogen-bond acceptors (Lipinski definition) is 3. The van der Waals surface area contributed by atoms with Gasteiger partial charge in [-0.05, 0) is 11.6 Å². The lowest BCUT2D eigenvalue weighted by Gasteiger charge is -2.33. The molecule has 1 aromatic carbocycles. The summed E-state index contributed by atoms with van der Waals surface area (Å²) in [6, 6.07) is 7.45. The van der Waals surface area contributed by atoms with E-state index < -0.39 is 23.7 Å². The van der Waals surface area contributed by atoms with Gasteiger partial charge in [0.15, 0.2) is 5.69 Å². The Bertz CT molecular complexity index is 876. The monoisotopic (exact) mass is 450 g/mol. The summed E-state index contributed by atoms with van der Waals surface area (Å²) in [7, 11) is 0. The van der Waals surface area contributed by atoms with Crippen LogP contribution in [0.25, 0.3) is 0 Å². The molecule has 30 heavy (non-hydrogen) atoms. The summed E-state index contributed by atoms with van der Waals surface area (Å²) in [5, 5.41) is 5.74. The first-order valence-electron chi connectivity index (χ1n) is 9.31. The zero-order valence-electron chi connectivity index (χ0n) is 15.9. The van der Waals surface area contributed by atoms with Crippen LogP contribution in [0.3, 0.4) is 0 Å². The molecule has 1 aliphatic heterocycles. The Kier molecular flexibility index (Phi) is 6.66. The maximum Gasteiger partial charge on any atom is 0.432 e. The first-order chi connectivity index (χ1) is 14.0. The van der Waals surface area contributed by atoms with Crippen LogP contribution in [0.15, 0.2) is 30.3 Å². The second-order valence-corrected chi connectivity index (χ2v) is 7.59. The lowest BCUT2D eigenvalue weighted by molar-refractivity contribution is -0.141. The van der Waals surface area contributed by atoms with Gasteiger partial charge in [0.1, 0.15) is 5.69 Å². The number of carbonyl (C=O) groups excluding carboxylic acids is 1. The van der Waals surface area contributed by atoms with E-state index in [0.717, 1.165) is 0 Å². The van der Waals surface area contributed by atoms with Crippen molar-refractivity contribution in [3.05, 3.63) is 52.3 Å². The number of alkyl halides is 5. The van der Waals surface area contributed by atoms with Crippen molar-refractivity contribution in [1.82, 2.24) is 20.0 Å². The summed E-state index contributed by atoms with van der Waals surface area (Å²) in [4.78, 5) is 16.0. The van der Waals surface area contributed by atoms with Crippen molar-refractivity contribution < 1.29 is 26.7 Å². The Labute approximate surface area is 174 Å². The summed E-state index contributed by atoms with van der Waals surface area (Å²) in [5.74, 6) is -3.39. The molecule has 1 aliphatic rings. The molecule has 0 radical (unpaired) electrons. The molecule has 1 aromatic heterocycles. The molecule has 1 N–H and O–H groups in total. The minimum atomic E-state index is -4.65. The second-order valence-electron chi connectivity index (χ2n) is 7.18. The van der Waals surface area contributed by atoms with Crippen LogP contribution >= 0.6 is 11.6 Å². The van der Waals surface area contributed by atoms with E-state index in [9.17, 15) is 26.7 Å². The zero-order chi connectivity index (χ0) is 21.9. The molecule has 1 saturated heterocycles. The minimum Gasteiger partial charge on any atom is -0.332 e. The highest BCUT2D eigenvalue weighted by molar-refractivity contribution is 6.31. The number of benzene rings is 1. The fourth-order valence-electron chi connectivity index (χ4n) is 3.19. The van der Waals surface area contributed by atoms with E-state index in [2.05, 4.69) is 5.10 Å². The predicted molar refractivity (Wildman–Crippen MR) is 100 cm³/mol. The first-order valence-corrected chi connectivity index (χ1v) is 9.68. The van der Waals surface area contributed by atoms with E-state index in [4.69, 9.17) is 11.6 Å². The van der Waals surface area contributed by atoms with Crippen LogP contribution in [0.4, 0.5) is 22.0 Å². The van der Waals surface area contributed by atoms with Crippen LogP contribution in [-0.4, -0.2) is 58.0 Å². The number of halogens is 6. The molecular weight excluding hydrogens is 431 g/mol. The largest absolute Gasteiger partial charge is 0.432 e. The average Bonchev–Trinajstić information content (AvgIpc) is 3.17. The van der Waals surface area contributed by atoms with Crippen LogP contribution in [0.5, 0.6) is 0 Å². The summed E-state index contributed by atoms with van der Waals surface area (Å²) in [6.07, 6.45) is -5.18. The molecule has 0 atom stereocenters. The maximum absolute atomic E-state index is 13.3. The van der Waals surface area contributed by atoms with Gasteiger partial charge in [-0.2, -0.15) is 18.3 Å². The zero-order valence-corrected chi connectivity index (χ0v) is 16.6. The molecule has 0 aliphatic carbocycles. The number of hydrogen-bond donors (Lipinski definition) is 1. The highest BCUT2D eigenvalue weighted by atomic mass is 35.5. The molecular formula is C19H20ClF5N4O. The molecule has 0 unspecified atom stereocenters. The molecule has 0 spiro atoms. The Morgan fingerprint density at radius 1 is 1.23 bits per heavy atom. The second kappa shape index (κ2) is 8.89. The molecule has 2 heterocycles. The third-order valence-electron chi connectivity index (χ3n) is 4.98. The van der Waals surface area contributed by atoms with E-state index in [0.29, 0.717) is 23.2 Å². The summed E-state index contributed by atoms with van der Waals surface area (Å²) in [5.41, 5.74) is -0.884. The van der Waals surface area contributed by atoms with Crippen LogP contribution in [-0.2, 0) is 12.7 Å². The quantitative estimate of drug-likeness (QED) is 0.661. The van der Waals surface area contributed by atoms with Crippen molar-refractivity contribution in [3.63, 3.8) is 0 Å². The standard InChI is InChI=1S/C19H20ClF5N4O/c20-14-4-2-1-3-13(14)12-29(10-9-28-7-5-18(21,22)6-8-28)17(30)15-11-16(27-26-15)19(23,24)25/h1-4,11H,5-10,12H2,(H,26,27). The molecule has 0 bridgehead atoms. The SMILES string of the molecule is O=C(c1cc(C(F)(F)F)[nH]n1)N(CCN1CCC(F)(F)CC1)Cc1ccccc1Cl. The minimum absolute atomic E-state index is 0.0523. The third kappa shape index (κ3) is 5.69. The number of amides is 1. The molecule has 5 nitrogen and oxygen atoms in total. The Morgan fingerprint density at radius 2 is 1.90 bits per heavy atom. The van der Waals surface area contributed by atoms with Gasteiger partial charge in [-0.25, -0.2) is 8.78 Å². The molecule has 11 heteroatoms. The number of aromatic amines is 1. The highest BCUT2D eigenvalue weighted by Gasteiger charge is 2.35. The van der Waals surface area contributed by atoms with Gasteiger partial charge in [-0.3, -0.25) is 9.89 Å². The molecule has 3 rings (SSSR count).